The normalized spacial score (nSPS) is 32.7. The highest BCUT2D eigenvalue weighted by atomic mass is 32.1. The van der Waals surface area contributed by atoms with Crippen LogP contribution in [0.5, 0.6) is 0 Å². The van der Waals surface area contributed by atoms with Gasteiger partial charge in [0.15, 0.2) is 0 Å². The van der Waals surface area contributed by atoms with Crippen LogP contribution in [-0.4, -0.2) is 56.4 Å². The summed E-state index contributed by atoms with van der Waals surface area (Å²) in [5, 5.41) is 9.93. The summed E-state index contributed by atoms with van der Waals surface area (Å²) in [6.45, 7) is 8.75. The molecule has 4 unspecified atom stereocenters. The van der Waals surface area contributed by atoms with E-state index in [0.29, 0.717) is 18.1 Å². The molecule has 0 spiro atoms. The van der Waals surface area contributed by atoms with Crippen LogP contribution >= 0.6 is 11.3 Å². The van der Waals surface area contributed by atoms with Crippen LogP contribution < -0.4 is 10.6 Å². The Morgan fingerprint density at radius 2 is 2.19 bits per heavy atom. The Kier molecular flexibility index (Phi) is 6.65. The molecule has 0 bridgehead atoms. The van der Waals surface area contributed by atoms with E-state index < -0.39 is 0 Å². The summed E-state index contributed by atoms with van der Waals surface area (Å²) in [6.07, 6.45) is 6.70. The molecule has 3 fully saturated rings. The number of piperidine rings is 1. The van der Waals surface area contributed by atoms with Gasteiger partial charge in [-0.3, -0.25) is 4.90 Å². The van der Waals surface area contributed by atoms with Crippen LogP contribution in [0.4, 0.5) is 0 Å². The second kappa shape index (κ2) is 9.16. The SMILES string of the molecule is CC1CCN(C(CNC2CCCC2C2COCCN2)c2cccs2)CC1. The van der Waals surface area contributed by atoms with Gasteiger partial charge < -0.3 is 15.4 Å². The predicted octanol–water partition coefficient (Wildman–Crippen LogP) is 3.27. The summed E-state index contributed by atoms with van der Waals surface area (Å²) in [6, 6.07) is 6.26. The topological polar surface area (TPSA) is 36.5 Å². The lowest BCUT2D eigenvalue weighted by molar-refractivity contribution is 0.0514. The van der Waals surface area contributed by atoms with Crippen molar-refractivity contribution < 1.29 is 4.74 Å². The molecule has 1 aromatic rings. The molecule has 3 aliphatic rings. The van der Waals surface area contributed by atoms with Crippen molar-refractivity contribution in [2.45, 2.75) is 57.2 Å². The number of hydrogen-bond donors (Lipinski definition) is 2. The largest absolute Gasteiger partial charge is 0.379 e. The minimum absolute atomic E-state index is 0.541. The summed E-state index contributed by atoms with van der Waals surface area (Å²) in [4.78, 5) is 4.26. The first-order valence-electron chi connectivity index (χ1n) is 10.6. The van der Waals surface area contributed by atoms with Crippen molar-refractivity contribution in [1.29, 1.82) is 0 Å². The minimum atomic E-state index is 0.541. The van der Waals surface area contributed by atoms with Gasteiger partial charge in [-0.05, 0) is 62.1 Å². The molecule has 0 amide bonds. The molecular formula is C21H35N3OS. The van der Waals surface area contributed by atoms with Crippen molar-refractivity contribution in [2.75, 3.05) is 39.4 Å². The standard InChI is InChI=1S/C21H35N3OS/c1-16-7-10-24(11-8-16)20(21-6-3-13-26-21)14-23-18-5-2-4-17(18)19-15-25-12-9-22-19/h3,6,13,16-20,22-23H,2,4-5,7-12,14-15H2,1H3. The van der Waals surface area contributed by atoms with Gasteiger partial charge in [-0.2, -0.15) is 0 Å². The predicted molar refractivity (Wildman–Crippen MR) is 109 cm³/mol. The molecule has 1 aliphatic carbocycles. The zero-order valence-electron chi connectivity index (χ0n) is 16.2. The Balaban J connectivity index is 1.38. The lowest BCUT2D eigenvalue weighted by Crippen LogP contribution is -2.52. The van der Waals surface area contributed by atoms with Gasteiger partial charge in [0.2, 0.25) is 0 Å². The van der Waals surface area contributed by atoms with E-state index in [0.717, 1.165) is 38.1 Å². The van der Waals surface area contributed by atoms with E-state index in [9.17, 15) is 0 Å². The smallest absolute Gasteiger partial charge is 0.0623 e. The minimum Gasteiger partial charge on any atom is -0.379 e. The number of rotatable bonds is 6. The second-order valence-electron chi connectivity index (χ2n) is 8.49. The zero-order valence-corrected chi connectivity index (χ0v) is 17.0. The highest BCUT2D eigenvalue weighted by molar-refractivity contribution is 7.10. The molecule has 4 nitrogen and oxygen atoms in total. The van der Waals surface area contributed by atoms with Crippen LogP contribution in [0.3, 0.4) is 0 Å². The van der Waals surface area contributed by atoms with E-state index in [4.69, 9.17) is 4.74 Å². The number of ether oxygens (including phenoxy) is 1. The van der Waals surface area contributed by atoms with Crippen molar-refractivity contribution in [3.63, 3.8) is 0 Å². The fourth-order valence-corrected chi connectivity index (χ4v) is 5.94. The van der Waals surface area contributed by atoms with Crippen molar-refractivity contribution >= 4 is 11.3 Å². The van der Waals surface area contributed by atoms with Crippen LogP contribution in [0.15, 0.2) is 17.5 Å². The maximum absolute atomic E-state index is 5.74. The van der Waals surface area contributed by atoms with Crippen LogP contribution in [0.25, 0.3) is 0 Å². The maximum atomic E-state index is 5.74. The van der Waals surface area contributed by atoms with E-state index >= 15 is 0 Å². The summed E-state index contributed by atoms with van der Waals surface area (Å²) in [5.74, 6) is 1.61. The molecule has 2 N–H and O–H groups in total. The quantitative estimate of drug-likeness (QED) is 0.798. The summed E-state index contributed by atoms with van der Waals surface area (Å²) in [5.41, 5.74) is 0. The molecule has 5 heteroatoms. The van der Waals surface area contributed by atoms with Gasteiger partial charge in [-0.25, -0.2) is 0 Å². The van der Waals surface area contributed by atoms with Gasteiger partial charge >= 0.3 is 0 Å². The van der Waals surface area contributed by atoms with Gasteiger partial charge in [0.25, 0.3) is 0 Å². The number of morpholine rings is 1. The summed E-state index contributed by atoms with van der Waals surface area (Å²) >= 11 is 1.92. The van der Waals surface area contributed by atoms with E-state index in [2.05, 4.69) is 40.0 Å². The number of thiophene rings is 1. The van der Waals surface area contributed by atoms with Gasteiger partial charge in [-0.15, -0.1) is 11.3 Å². The van der Waals surface area contributed by atoms with Crippen LogP contribution in [0.2, 0.25) is 0 Å². The molecule has 4 atom stereocenters. The molecule has 146 valence electrons. The van der Waals surface area contributed by atoms with Gasteiger partial charge in [0.1, 0.15) is 0 Å². The first-order valence-corrected chi connectivity index (χ1v) is 11.5. The molecular weight excluding hydrogens is 342 g/mol. The molecule has 0 radical (unpaired) electrons. The first kappa shape index (κ1) is 18.9. The van der Waals surface area contributed by atoms with Crippen molar-refractivity contribution in [1.82, 2.24) is 15.5 Å². The third-order valence-electron chi connectivity index (χ3n) is 6.74. The molecule has 1 saturated carbocycles. The van der Waals surface area contributed by atoms with Gasteiger partial charge in [0.05, 0.1) is 19.3 Å². The fourth-order valence-electron chi connectivity index (χ4n) is 5.08. The average Bonchev–Trinajstić information content (AvgIpc) is 3.36. The Morgan fingerprint density at radius 3 is 2.92 bits per heavy atom. The molecule has 2 aliphatic heterocycles. The molecule has 3 heterocycles. The van der Waals surface area contributed by atoms with Crippen LogP contribution in [0, 0.1) is 11.8 Å². The van der Waals surface area contributed by atoms with Crippen molar-refractivity contribution in [3.05, 3.63) is 22.4 Å². The number of likely N-dealkylation sites (tertiary alicyclic amines) is 1. The fraction of sp³-hybridized carbons (Fsp3) is 0.810. The molecule has 4 rings (SSSR count). The van der Waals surface area contributed by atoms with E-state index in [1.807, 2.05) is 11.3 Å². The molecule has 1 aromatic heterocycles. The molecule has 2 saturated heterocycles. The lowest BCUT2D eigenvalue weighted by Gasteiger charge is -2.38. The highest BCUT2D eigenvalue weighted by Gasteiger charge is 2.35. The Morgan fingerprint density at radius 1 is 1.31 bits per heavy atom. The third kappa shape index (κ3) is 4.50. The maximum Gasteiger partial charge on any atom is 0.0623 e. The summed E-state index contributed by atoms with van der Waals surface area (Å²) < 4.78 is 5.74. The molecule has 26 heavy (non-hydrogen) atoms. The number of hydrogen-bond acceptors (Lipinski definition) is 5. The van der Waals surface area contributed by atoms with E-state index in [1.54, 1.807) is 0 Å². The number of nitrogens with one attached hydrogen (secondary N) is 2. The first-order chi connectivity index (χ1) is 12.8. The van der Waals surface area contributed by atoms with Crippen molar-refractivity contribution in [3.8, 4) is 0 Å². The van der Waals surface area contributed by atoms with E-state index in [-0.39, 0.29) is 0 Å². The number of nitrogens with zero attached hydrogens (tertiary/aromatic N) is 1. The van der Waals surface area contributed by atoms with Crippen LogP contribution in [0.1, 0.15) is 49.9 Å². The summed E-state index contributed by atoms with van der Waals surface area (Å²) in [7, 11) is 0. The monoisotopic (exact) mass is 377 g/mol. The van der Waals surface area contributed by atoms with Crippen molar-refractivity contribution in [2.24, 2.45) is 11.8 Å². The molecule has 0 aromatic carbocycles. The Bertz CT molecular complexity index is 523. The highest BCUT2D eigenvalue weighted by Crippen LogP contribution is 2.32. The average molecular weight is 378 g/mol. The second-order valence-corrected chi connectivity index (χ2v) is 9.47. The Labute approximate surface area is 162 Å². The van der Waals surface area contributed by atoms with Gasteiger partial charge in [0, 0.05) is 30.1 Å². The van der Waals surface area contributed by atoms with E-state index in [1.165, 1.54) is 50.1 Å². The third-order valence-corrected chi connectivity index (χ3v) is 7.71. The Hall–Kier alpha value is -0.460. The van der Waals surface area contributed by atoms with Crippen LogP contribution in [-0.2, 0) is 4.74 Å². The lowest BCUT2D eigenvalue weighted by atomic mass is 9.93. The zero-order chi connectivity index (χ0) is 17.8. The van der Waals surface area contributed by atoms with Gasteiger partial charge in [-0.1, -0.05) is 19.4 Å².